The molecule has 0 bridgehead atoms. The molecule has 0 saturated carbocycles. The average Bonchev–Trinajstić information content (AvgIpc) is 3.10. The molecule has 2 aliphatic heterocycles. The van der Waals surface area contributed by atoms with Crippen LogP contribution in [0.3, 0.4) is 0 Å². The molecule has 3 aromatic carbocycles. The summed E-state index contributed by atoms with van der Waals surface area (Å²) < 4.78 is 23.6. The van der Waals surface area contributed by atoms with Gasteiger partial charge < -0.3 is 29.2 Å². The summed E-state index contributed by atoms with van der Waals surface area (Å²) >= 11 is 0. The minimum absolute atomic E-state index is 0.0778. The van der Waals surface area contributed by atoms with Gasteiger partial charge in [-0.3, -0.25) is 0 Å². The summed E-state index contributed by atoms with van der Waals surface area (Å²) in [6.45, 7) is 1.05. The van der Waals surface area contributed by atoms with Crippen LogP contribution in [0.1, 0.15) is 29.2 Å². The molecule has 6 nitrogen and oxygen atoms in total. The summed E-state index contributed by atoms with van der Waals surface area (Å²) in [6, 6.07) is 20.9. The van der Waals surface area contributed by atoms with Crippen LogP contribution in [0.4, 0.5) is 0 Å². The predicted octanol–water partition coefficient (Wildman–Crippen LogP) is 3.74. The second-order valence-corrected chi connectivity index (χ2v) is 7.77. The van der Waals surface area contributed by atoms with E-state index in [0.717, 1.165) is 11.1 Å². The highest BCUT2D eigenvalue weighted by Gasteiger charge is 2.53. The van der Waals surface area contributed by atoms with Crippen LogP contribution < -0.4 is 18.9 Å². The number of aliphatic hydroxyl groups is 2. The topological polar surface area (TPSA) is 77.4 Å². The first-order chi connectivity index (χ1) is 15.2. The maximum atomic E-state index is 11.4. The smallest absolute Gasteiger partial charge is 0.168 e. The third-order valence-electron chi connectivity index (χ3n) is 5.63. The molecule has 6 heteroatoms. The van der Waals surface area contributed by atoms with Crippen LogP contribution in [0.25, 0.3) is 0 Å². The van der Waals surface area contributed by atoms with Crippen molar-refractivity contribution in [2.75, 3.05) is 19.8 Å². The fourth-order valence-corrected chi connectivity index (χ4v) is 4.02. The van der Waals surface area contributed by atoms with Gasteiger partial charge in [-0.15, -0.1) is 0 Å². The molecule has 2 N–H and O–H groups in total. The van der Waals surface area contributed by atoms with Gasteiger partial charge in [0, 0.05) is 36.3 Å². The fraction of sp³-hybridized carbons (Fsp3) is 0.280. The van der Waals surface area contributed by atoms with E-state index in [1.54, 1.807) is 12.1 Å². The summed E-state index contributed by atoms with van der Waals surface area (Å²) in [5.41, 5.74) is 1.28. The van der Waals surface area contributed by atoms with E-state index >= 15 is 0 Å². The highest BCUT2D eigenvalue weighted by Crippen LogP contribution is 2.54. The third-order valence-corrected chi connectivity index (χ3v) is 5.63. The molecule has 3 aromatic rings. The van der Waals surface area contributed by atoms with Gasteiger partial charge in [0.15, 0.2) is 11.7 Å². The van der Waals surface area contributed by atoms with Gasteiger partial charge in [-0.05, 0) is 29.8 Å². The molecule has 0 aliphatic carbocycles. The van der Waals surface area contributed by atoms with Crippen LogP contribution in [0.2, 0.25) is 0 Å². The van der Waals surface area contributed by atoms with E-state index in [-0.39, 0.29) is 13.2 Å². The fourth-order valence-electron chi connectivity index (χ4n) is 4.02. The first kappa shape index (κ1) is 19.7. The zero-order valence-corrected chi connectivity index (χ0v) is 17.0. The Hall–Kier alpha value is -3.22. The Morgan fingerprint density at radius 3 is 2.55 bits per heavy atom. The van der Waals surface area contributed by atoms with E-state index in [9.17, 15) is 5.11 Å². The Labute approximate surface area is 180 Å². The minimum Gasteiger partial charge on any atom is -0.493 e. The third kappa shape index (κ3) is 3.69. The lowest BCUT2D eigenvalue weighted by Gasteiger charge is -2.34. The first-order valence-corrected chi connectivity index (χ1v) is 10.4. The van der Waals surface area contributed by atoms with Crippen molar-refractivity contribution in [2.24, 2.45) is 0 Å². The van der Waals surface area contributed by atoms with Crippen molar-refractivity contribution in [1.29, 1.82) is 0 Å². The molecule has 160 valence electrons. The van der Waals surface area contributed by atoms with E-state index in [0.29, 0.717) is 48.2 Å². The van der Waals surface area contributed by atoms with Crippen molar-refractivity contribution in [3.8, 4) is 23.0 Å². The average molecular weight is 420 g/mol. The maximum absolute atomic E-state index is 11.4. The Morgan fingerprint density at radius 2 is 1.71 bits per heavy atom. The van der Waals surface area contributed by atoms with Crippen molar-refractivity contribution in [1.82, 2.24) is 0 Å². The highest BCUT2D eigenvalue weighted by molar-refractivity contribution is 5.54. The number of hydrogen-bond donors (Lipinski definition) is 2. The van der Waals surface area contributed by atoms with Gasteiger partial charge in [0.25, 0.3) is 0 Å². The molecule has 2 atom stereocenters. The van der Waals surface area contributed by atoms with Gasteiger partial charge in [0.1, 0.15) is 36.2 Å². The van der Waals surface area contributed by atoms with Gasteiger partial charge in [-0.1, -0.05) is 30.3 Å². The lowest BCUT2D eigenvalue weighted by Crippen LogP contribution is -2.41. The van der Waals surface area contributed by atoms with Crippen LogP contribution in [0.15, 0.2) is 66.7 Å². The van der Waals surface area contributed by atoms with E-state index < -0.39 is 11.7 Å². The van der Waals surface area contributed by atoms with Gasteiger partial charge in [0.05, 0.1) is 6.61 Å². The molecule has 2 heterocycles. The lowest BCUT2D eigenvalue weighted by atomic mass is 9.85. The summed E-state index contributed by atoms with van der Waals surface area (Å²) in [6.07, 6.45) is -0.0115. The molecule has 0 radical (unpaired) electrons. The summed E-state index contributed by atoms with van der Waals surface area (Å²) in [5, 5.41) is 20.3. The molecule has 31 heavy (non-hydrogen) atoms. The van der Waals surface area contributed by atoms with Crippen LogP contribution in [0.5, 0.6) is 23.0 Å². The number of fused-ring (bicyclic) bond motifs is 5. The van der Waals surface area contributed by atoms with E-state index in [2.05, 4.69) is 0 Å². The molecule has 0 aromatic heterocycles. The van der Waals surface area contributed by atoms with Crippen LogP contribution in [-0.2, 0) is 12.2 Å². The Morgan fingerprint density at radius 1 is 0.935 bits per heavy atom. The second-order valence-electron chi connectivity index (χ2n) is 7.77. The van der Waals surface area contributed by atoms with E-state index in [1.165, 1.54) is 0 Å². The van der Waals surface area contributed by atoms with Crippen molar-refractivity contribution in [3.05, 3.63) is 83.4 Å². The molecule has 0 unspecified atom stereocenters. The van der Waals surface area contributed by atoms with Gasteiger partial charge in [-0.25, -0.2) is 0 Å². The number of aliphatic hydroxyl groups excluding tert-OH is 1. The Bertz CT molecular complexity index is 1070. The van der Waals surface area contributed by atoms with Crippen molar-refractivity contribution in [2.45, 2.75) is 24.7 Å². The number of benzene rings is 3. The molecule has 0 amide bonds. The molecule has 0 spiro atoms. The Kier molecular flexibility index (Phi) is 5.18. The second kappa shape index (κ2) is 8.13. The molecule has 5 rings (SSSR count). The quantitative estimate of drug-likeness (QED) is 0.567. The van der Waals surface area contributed by atoms with Crippen LogP contribution in [0, 0.1) is 0 Å². The number of hydrogen-bond acceptors (Lipinski definition) is 6. The monoisotopic (exact) mass is 420 g/mol. The van der Waals surface area contributed by atoms with Gasteiger partial charge in [0.2, 0.25) is 0 Å². The van der Waals surface area contributed by atoms with Crippen molar-refractivity contribution < 1.29 is 29.2 Å². The maximum Gasteiger partial charge on any atom is 0.168 e. The van der Waals surface area contributed by atoms with Gasteiger partial charge in [-0.2, -0.15) is 0 Å². The molecular formula is C25H24O6. The molecule has 0 saturated heterocycles. The van der Waals surface area contributed by atoms with E-state index in [4.69, 9.17) is 24.1 Å². The first-order valence-electron chi connectivity index (χ1n) is 10.4. The molecule has 2 aliphatic rings. The summed E-state index contributed by atoms with van der Waals surface area (Å²) in [5.74, 6) is 2.56. The zero-order chi connectivity index (χ0) is 21.3. The predicted molar refractivity (Wildman–Crippen MR) is 114 cm³/mol. The standard InChI is InChI=1S/C25H24O6/c26-11-4-12-28-18-8-10-21-23(14-18)31-24-20-9-7-19(13-22(20)30-16-25(21,24)27)29-15-17-5-2-1-3-6-17/h1-3,5-10,13-14,24,26-27H,4,11-12,15-16H2/t24-,25+/m0/s1. The zero-order valence-electron chi connectivity index (χ0n) is 17.0. The molecule has 0 fully saturated rings. The number of rotatable bonds is 7. The highest BCUT2D eigenvalue weighted by atomic mass is 16.5. The molecular weight excluding hydrogens is 396 g/mol. The number of ether oxygens (including phenoxy) is 4. The van der Waals surface area contributed by atoms with Crippen LogP contribution >= 0.6 is 0 Å². The van der Waals surface area contributed by atoms with E-state index in [1.807, 2.05) is 54.6 Å². The van der Waals surface area contributed by atoms with Crippen LogP contribution in [-0.4, -0.2) is 30.0 Å². The Balaban J connectivity index is 1.35. The normalized spacial score (nSPS) is 20.6. The van der Waals surface area contributed by atoms with Crippen molar-refractivity contribution in [3.63, 3.8) is 0 Å². The van der Waals surface area contributed by atoms with Crippen molar-refractivity contribution >= 4 is 0 Å². The summed E-state index contributed by atoms with van der Waals surface area (Å²) in [4.78, 5) is 0. The minimum atomic E-state index is -1.27. The lowest BCUT2D eigenvalue weighted by molar-refractivity contribution is -0.0864. The SMILES string of the molecule is OCCCOc1ccc2c(c1)O[C@H]1c3ccc(OCc4ccccc4)cc3OC[C@@]21O. The van der Waals surface area contributed by atoms with Gasteiger partial charge >= 0.3 is 0 Å². The summed E-state index contributed by atoms with van der Waals surface area (Å²) in [7, 11) is 0. The largest absolute Gasteiger partial charge is 0.493 e.